The van der Waals surface area contributed by atoms with Gasteiger partial charge in [0.05, 0.1) is 29.8 Å². The number of benzene rings is 1. The fourth-order valence-corrected chi connectivity index (χ4v) is 4.44. The lowest BCUT2D eigenvalue weighted by molar-refractivity contribution is -0.151. The number of fused-ring (bicyclic) bond motifs is 4. The number of nitrogens with zero attached hydrogens (tertiary/aromatic N) is 3. The van der Waals surface area contributed by atoms with Crippen molar-refractivity contribution in [1.82, 2.24) is 19.5 Å². The number of nitrogens with two attached hydrogens (primary N) is 1. The highest BCUT2D eigenvalue weighted by molar-refractivity contribution is 5.84. The molecule has 0 amide bonds. The van der Waals surface area contributed by atoms with Crippen LogP contribution in [-0.2, 0) is 22.5 Å². The van der Waals surface area contributed by atoms with Crippen LogP contribution in [0, 0.1) is 6.92 Å². The number of carbonyl (C=O) groups excluding carboxylic acids is 1. The van der Waals surface area contributed by atoms with Crippen molar-refractivity contribution in [1.29, 1.82) is 0 Å². The summed E-state index contributed by atoms with van der Waals surface area (Å²) in [5, 5.41) is 1.04. The van der Waals surface area contributed by atoms with Gasteiger partial charge in [-0.3, -0.25) is 9.59 Å². The molecule has 168 valence electrons. The molecule has 3 aromatic heterocycles. The molecule has 0 radical (unpaired) electrons. The van der Waals surface area contributed by atoms with Gasteiger partial charge in [0.15, 0.2) is 0 Å². The number of hydrogen-bond acceptors (Lipinski definition) is 6. The Balaban J connectivity index is 1.49. The molecule has 5 rings (SSSR count). The lowest BCUT2D eigenvalue weighted by Crippen LogP contribution is -2.35. The van der Waals surface area contributed by atoms with E-state index in [0.717, 1.165) is 33.5 Å². The number of nitrogens with one attached hydrogen (secondary N) is 1. The van der Waals surface area contributed by atoms with Crippen molar-refractivity contribution >= 4 is 16.9 Å². The topological polar surface area (TPSA) is 116 Å². The number of ether oxygens (including phenoxy) is 1. The third-order valence-electron chi connectivity index (χ3n) is 6.23. The normalized spacial score (nSPS) is 14.0. The molecule has 8 heteroatoms. The Bertz CT molecular complexity index is 1410. The van der Waals surface area contributed by atoms with Gasteiger partial charge in [0.1, 0.15) is 12.1 Å². The zero-order valence-corrected chi connectivity index (χ0v) is 18.5. The van der Waals surface area contributed by atoms with E-state index in [1.54, 1.807) is 24.0 Å². The summed E-state index contributed by atoms with van der Waals surface area (Å²) >= 11 is 0. The summed E-state index contributed by atoms with van der Waals surface area (Å²) in [6.45, 7) is 4.18. The Morgan fingerprint density at radius 2 is 2.12 bits per heavy atom. The molecule has 0 unspecified atom stereocenters. The van der Waals surface area contributed by atoms with Crippen molar-refractivity contribution in [3.63, 3.8) is 0 Å². The van der Waals surface area contributed by atoms with Gasteiger partial charge in [0, 0.05) is 40.4 Å². The van der Waals surface area contributed by atoms with Crippen LogP contribution in [0.25, 0.3) is 22.3 Å². The average Bonchev–Trinajstić information content (AvgIpc) is 3.46. The van der Waals surface area contributed by atoms with Gasteiger partial charge in [-0.2, -0.15) is 0 Å². The first-order valence-electron chi connectivity index (χ1n) is 11.0. The molecular formula is C25H25N5O3. The maximum absolute atomic E-state index is 13.3. The minimum atomic E-state index is -0.830. The van der Waals surface area contributed by atoms with E-state index in [2.05, 4.69) is 16.0 Å². The summed E-state index contributed by atoms with van der Waals surface area (Å²) in [6.07, 6.45) is 3.41. The first-order valence-corrected chi connectivity index (χ1v) is 11.0. The Hall–Kier alpha value is -3.78. The van der Waals surface area contributed by atoms with Crippen LogP contribution in [0.2, 0.25) is 0 Å². The van der Waals surface area contributed by atoms with Gasteiger partial charge < -0.3 is 20.0 Å². The van der Waals surface area contributed by atoms with E-state index in [-0.39, 0.29) is 5.56 Å². The monoisotopic (exact) mass is 443 g/mol. The number of esters is 1. The number of para-hydroxylation sites is 1. The molecule has 0 spiro atoms. The van der Waals surface area contributed by atoms with Crippen LogP contribution in [0.3, 0.4) is 0 Å². The molecule has 4 heterocycles. The third kappa shape index (κ3) is 3.72. The van der Waals surface area contributed by atoms with Crippen molar-refractivity contribution in [3.8, 4) is 11.4 Å². The first kappa shape index (κ1) is 21.1. The van der Waals surface area contributed by atoms with Crippen LogP contribution in [-0.4, -0.2) is 31.5 Å². The smallest absolute Gasteiger partial charge is 0.323 e. The summed E-state index contributed by atoms with van der Waals surface area (Å²) in [7, 11) is 0. The van der Waals surface area contributed by atoms with Crippen molar-refractivity contribution in [2.24, 2.45) is 5.73 Å². The van der Waals surface area contributed by atoms with Gasteiger partial charge in [-0.25, -0.2) is 9.97 Å². The number of aromatic nitrogens is 4. The number of rotatable bonds is 6. The summed E-state index contributed by atoms with van der Waals surface area (Å²) in [5.74, 6) is -0.513. The number of hydrogen-bond donors (Lipinski definition) is 2. The number of carbonyl (C=O) groups is 1. The van der Waals surface area contributed by atoms with Crippen molar-refractivity contribution in [3.05, 3.63) is 81.7 Å². The zero-order valence-electron chi connectivity index (χ0n) is 18.5. The summed E-state index contributed by atoms with van der Waals surface area (Å²) in [5.41, 5.74) is 11.4. The molecule has 3 N–H and O–H groups in total. The third-order valence-corrected chi connectivity index (χ3v) is 6.23. The number of pyridine rings is 2. The number of H-pyrrole nitrogens is 1. The largest absolute Gasteiger partial charge is 0.456 e. The van der Waals surface area contributed by atoms with Crippen LogP contribution < -0.4 is 11.3 Å². The van der Waals surface area contributed by atoms with E-state index in [0.29, 0.717) is 30.5 Å². The second kappa shape index (κ2) is 8.29. The van der Waals surface area contributed by atoms with E-state index < -0.39 is 18.1 Å². The maximum Gasteiger partial charge on any atom is 0.323 e. The van der Waals surface area contributed by atoms with E-state index in [1.165, 1.54) is 0 Å². The SMILES string of the molecule is CC[C@@H](OC(=O)[C@@H](N)Cc1cnc[nH]1)c1cc2n(c(=O)c1C)Cc1cc3ccccc3nc1-2. The fraction of sp³-hybridized carbons (Fsp3) is 0.280. The molecule has 0 aliphatic carbocycles. The molecule has 4 aromatic rings. The van der Waals surface area contributed by atoms with Gasteiger partial charge in [0.2, 0.25) is 0 Å². The standard InChI is InChI=1S/C25H25N5O3/c1-3-22(33-25(32)19(26)9-17-11-27-13-28-17)18-10-21-23-16(12-30(21)24(31)14(18)2)8-15-6-4-5-7-20(15)29-23/h4-8,10-11,13,19,22H,3,9,12,26H2,1-2H3,(H,27,28)/t19-,22+/m0/s1. The molecule has 1 aliphatic rings. The molecule has 0 saturated heterocycles. The highest BCUT2D eigenvalue weighted by Gasteiger charge is 2.28. The van der Waals surface area contributed by atoms with Crippen LogP contribution >= 0.6 is 0 Å². The molecule has 0 saturated carbocycles. The first-order chi connectivity index (χ1) is 16.0. The fourth-order valence-electron chi connectivity index (χ4n) is 4.44. The van der Waals surface area contributed by atoms with Gasteiger partial charge >= 0.3 is 5.97 Å². The highest BCUT2D eigenvalue weighted by Crippen LogP contribution is 2.34. The molecule has 1 aromatic carbocycles. The van der Waals surface area contributed by atoms with Crippen molar-refractivity contribution < 1.29 is 9.53 Å². The summed E-state index contributed by atoms with van der Waals surface area (Å²) in [6, 6.07) is 11.1. The van der Waals surface area contributed by atoms with Crippen LogP contribution in [0.1, 0.15) is 41.8 Å². The van der Waals surface area contributed by atoms with Crippen LogP contribution in [0.4, 0.5) is 0 Å². The number of imidazole rings is 1. The van der Waals surface area contributed by atoms with Crippen LogP contribution in [0.15, 0.2) is 53.7 Å². The number of aromatic amines is 1. The van der Waals surface area contributed by atoms with E-state index in [1.807, 2.05) is 37.3 Å². The Morgan fingerprint density at radius 3 is 2.88 bits per heavy atom. The second-order valence-corrected chi connectivity index (χ2v) is 8.41. The van der Waals surface area contributed by atoms with Crippen LogP contribution in [0.5, 0.6) is 0 Å². The van der Waals surface area contributed by atoms with E-state index >= 15 is 0 Å². The van der Waals surface area contributed by atoms with Crippen molar-refractivity contribution in [2.75, 3.05) is 0 Å². The Morgan fingerprint density at radius 1 is 1.30 bits per heavy atom. The predicted molar refractivity (Wildman–Crippen MR) is 125 cm³/mol. The molecule has 33 heavy (non-hydrogen) atoms. The minimum Gasteiger partial charge on any atom is -0.456 e. The Labute approximate surface area is 190 Å². The maximum atomic E-state index is 13.3. The summed E-state index contributed by atoms with van der Waals surface area (Å²) < 4.78 is 7.53. The summed E-state index contributed by atoms with van der Waals surface area (Å²) in [4.78, 5) is 37.7. The zero-order chi connectivity index (χ0) is 23.1. The second-order valence-electron chi connectivity index (χ2n) is 8.41. The Kier molecular flexibility index (Phi) is 5.30. The minimum absolute atomic E-state index is 0.0965. The highest BCUT2D eigenvalue weighted by atomic mass is 16.5. The molecular weight excluding hydrogens is 418 g/mol. The van der Waals surface area contributed by atoms with E-state index in [4.69, 9.17) is 15.5 Å². The van der Waals surface area contributed by atoms with E-state index in [9.17, 15) is 9.59 Å². The molecule has 0 fully saturated rings. The van der Waals surface area contributed by atoms with Gasteiger partial charge in [-0.15, -0.1) is 0 Å². The molecule has 0 bridgehead atoms. The molecule has 1 aliphatic heterocycles. The lowest BCUT2D eigenvalue weighted by atomic mass is 10.0. The molecule has 8 nitrogen and oxygen atoms in total. The molecule has 2 atom stereocenters. The quantitative estimate of drug-likeness (QED) is 0.390. The predicted octanol–water partition coefficient (Wildman–Crippen LogP) is 3.02. The average molecular weight is 444 g/mol. The van der Waals surface area contributed by atoms with Crippen molar-refractivity contribution in [2.45, 2.75) is 45.4 Å². The van der Waals surface area contributed by atoms with Gasteiger partial charge in [0.25, 0.3) is 5.56 Å². The van der Waals surface area contributed by atoms with Gasteiger partial charge in [-0.1, -0.05) is 25.1 Å². The van der Waals surface area contributed by atoms with Gasteiger partial charge in [-0.05, 0) is 31.5 Å². The lowest BCUT2D eigenvalue weighted by Gasteiger charge is -2.21.